The lowest BCUT2D eigenvalue weighted by atomic mass is 10.2. The molecule has 0 aliphatic carbocycles. The molecule has 0 spiro atoms. The minimum absolute atomic E-state index is 0.376. The van der Waals surface area contributed by atoms with Crippen molar-refractivity contribution in [1.29, 1.82) is 0 Å². The Kier molecular flexibility index (Phi) is 6.81. The molecule has 2 aromatic carbocycles. The van der Waals surface area contributed by atoms with Crippen LogP contribution < -0.4 is 14.2 Å². The zero-order valence-electron chi connectivity index (χ0n) is 15.8. The molecule has 0 fully saturated rings. The largest absolute Gasteiger partial charge is 0.490 e. The molecule has 0 radical (unpaired) electrons. The fourth-order valence-corrected chi connectivity index (χ4v) is 3.08. The number of aryl methyl sites for hydroxylation is 1. The van der Waals surface area contributed by atoms with Crippen LogP contribution in [0.15, 0.2) is 60.0 Å². The zero-order chi connectivity index (χ0) is 19.8. The van der Waals surface area contributed by atoms with Crippen molar-refractivity contribution >= 4 is 23.4 Å². The minimum Gasteiger partial charge on any atom is -0.490 e. The van der Waals surface area contributed by atoms with E-state index in [9.17, 15) is 4.79 Å². The van der Waals surface area contributed by atoms with Crippen LogP contribution in [0.4, 0.5) is 0 Å². The number of hydrogen-bond acceptors (Lipinski definition) is 6. The Bertz CT molecular complexity index is 964. The number of carbonyl (C=O) groups is 1. The molecule has 0 bridgehead atoms. The first-order valence-electron chi connectivity index (χ1n) is 8.90. The van der Waals surface area contributed by atoms with E-state index < -0.39 is 5.97 Å². The van der Waals surface area contributed by atoms with E-state index >= 15 is 0 Å². The van der Waals surface area contributed by atoms with Gasteiger partial charge < -0.3 is 14.2 Å². The van der Waals surface area contributed by atoms with Crippen LogP contribution in [0.25, 0.3) is 6.08 Å². The van der Waals surface area contributed by atoms with Crippen LogP contribution in [0, 0.1) is 6.92 Å². The number of thiazole rings is 1. The van der Waals surface area contributed by atoms with E-state index in [-0.39, 0.29) is 0 Å². The SMILES string of the molecule is CCOc1ccccc1OC(=O)/C=C/c1ccccc1OCc1csc(C)n1. The van der Waals surface area contributed by atoms with Gasteiger partial charge in [-0.3, -0.25) is 0 Å². The molecular weight excluding hydrogens is 374 g/mol. The van der Waals surface area contributed by atoms with Gasteiger partial charge in [-0.05, 0) is 38.1 Å². The number of aromatic nitrogens is 1. The molecule has 0 N–H and O–H groups in total. The lowest BCUT2D eigenvalue weighted by Gasteiger charge is -2.09. The number of esters is 1. The molecule has 1 aromatic heterocycles. The first-order valence-corrected chi connectivity index (χ1v) is 9.78. The van der Waals surface area contributed by atoms with Gasteiger partial charge in [-0.2, -0.15) is 0 Å². The Morgan fingerprint density at radius 1 is 1.04 bits per heavy atom. The highest BCUT2D eigenvalue weighted by molar-refractivity contribution is 7.09. The molecule has 1 heterocycles. The number of rotatable bonds is 8. The van der Waals surface area contributed by atoms with Gasteiger partial charge in [0.2, 0.25) is 0 Å². The number of benzene rings is 2. The number of nitrogens with zero attached hydrogens (tertiary/aromatic N) is 1. The van der Waals surface area contributed by atoms with E-state index in [1.807, 2.05) is 49.6 Å². The van der Waals surface area contributed by atoms with Gasteiger partial charge in [-0.25, -0.2) is 9.78 Å². The maximum absolute atomic E-state index is 12.2. The van der Waals surface area contributed by atoms with Gasteiger partial charge in [-0.15, -0.1) is 11.3 Å². The van der Waals surface area contributed by atoms with Crippen molar-refractivity contribution in [3.8, 4) is 17.2 Å². The first kappa shape index (κ1) is 19.6. The molecular formula is C22H21NO4S. The Morgan fingerprint density at radius 2 is 1.75 bits per heavy atom. The second kappa shape index (κ2) is 9.71. The summed E-state index contributed by atoms with van der Waals surface area (Å²) in [4.78, 5) is 16.6. The summed E-state index contributed by atoms with van der Waals surface area (Å²) in [6.45, 7) is 4.71. The summed E-state index contributed by atoms with van der Waals surface area (Å²) in [6, 6.07) is 14.6. The van der Waals surface area contributed by atoms with Crippen molar-refractivity contribution in [2.24, 2.45) is 0 Å². The Morgan fingerprint density at radius 3 is 2.46 bits per heavy atom. The second-order valence-electron chi connectivity index (χ2n) is 5.82. The molecule has 6 heteroatoms. The highest BCUT2D eigenvalue weighted by Crippen LogP contribution is 2.27. The van der Waals surface area contributed by atoms with Gasteiger partial charge in [0.15, 0.2) is 11.5 Å². The first-order chi connectivity index (χ1) is 13.7. The van der Waals surface area contributed by atoms with Crippen LogP contribution >= 0.6 is 11.3 Å². The number of para-hydroxylation sites is 3. The van der Waals surface area contributed by atoms with E-state index in [1.54, 1.807) is 35.6 Å². The number of carbonyl (C=O) groups excluding carboxylic acids is 1. The lowest BCUT2D eigenvalue weighted by Crippen LogP contribution is -2.05. The molecule has 28 heavy (non-hydrogen) atoms. The molecule has 144 valence electrons. The summed E-state index contributed by atoms with van der Waals surface area (Å²) in [5.74, 6) is 1.11. The van der Waals surface area contributed by atoms with Gasteiger partial charge in [0.1, 0.15) is 12.4 Å². The Hall–Kier alpha value is -3.12. The molecule has 0 saturated carbocycles. The van der Waals surface area contributed by atoms with Crippen molar-refractivity contribution in [1.82, 2.24) is 4.98 Å². The second-order valence-corrected chi connectivity index (χ2v) is 6.88. The molecule has 0 saturated heterocycles. The standard InChI is InChI=1S/C22H21NO4S/c1-3-25-20-10-6-7-11-21(20)27-22(24)13-12-17-8-4-5-9-19(17)26-14-18-15-28-16(2)23-18/h4-13,15H,3,14H2,1-2H3/b13-12+. The van der Waals surface area contributed by atoms with Gasteiger partial charge in [0.25, 0.3) is 0 Å². The predicted molar refractivity (Wildman–Crippen MR) is 110 cm³/mol. The molecule has 0 atom stereocenters. The maximum atomic E-state index is 12.2. The highest BCUT2D eigenvalue weighted by atomic mass is 32.1. The highest BCUT2D eigenvalue weighted by Gasteiger charge is 2.08. The average molecular weight is 395 g/mol. The quantitative estimate of drug-likeness (QED) is 0.304. The van der Waals surface area contributed by atoms with Crippen LogP contribution in [-0.4, -0.2) is 17.6 Å². The van der Waals surface area contributed by atoms with Crippen LogP contribution in [0.5, 0.6) is 17.2 Å². The molecule has 5 nitrogen and oxygen atoms in total. The Labute approximate surface area is 168 Å². The molecule has 0 unspecified atom stereocenters. The third-order valence-corrected chi connectivity index (χ3v) is 4.54. The van der Waals surface area contributed by atoms with Gasteiger partial charge in [-0.1, -0.05) is 30.3 Å². The van der Waals surface area contributed by atoms with E-state index in [2.05, 4.69) is 4.98 Å². The summed E-state index contributed by atoms with van der Waals surface area (Å²) in [5, 5.41) is 2.97. The van der Waals surface area contributed by atoms with Crippen molar-refractivity contribution in [2.45, 2.75) is 20.5 Å². The number of hydrogen-bond donors (Lipinski definition) is 0. The summed E-state index contributed by atoms with van der Waals surface area (Å²) >= 11 is 1.59. The van der Waals surface area contributed by atoms with E-state index in [4.69, 9.17) is 14.2 Å². The fourth-order valence-electron chi connectivity index (χ4n) is 2.49. The molecule has 0 aliphatic rings. The van der Waals surface area contributed by atoms with Crippen molar-refractivity contribution in [2.75, 3.05) is 6.61 Å². The molecule has 3 aromatic rings. The van der Waals surface area contributed by atoms with Gasteiger partial charge in [0.05, 0.1) is 17.3 Å². The van der Waals surface area contributed by atoms with E-state index in [1.165, 1.54) is 6.08 Å². The van der Waals surface area contributed by atoms with Crippen molar-refractivity contribution < 1.29 is 19.0 Å². The molecule has 0 amide bonds. The molecule has 3 rings (SSSR count). The van der Waals surface area contributed by atoms with Crippen molar-refractivity contribution in [3.05, 3.63) is 76.3 Å². The fraction of sp³-hybridized carbons (Fsp3) is 0.182. The summed E-state index contributed by atoms with van der Waals surface area (Å²) in [6.07, 6.45) is 3.05. The van der Waals surface area contributed by atoms with E-state index in [0.29, 0.717) is 30.5 Å². The summed E-state index contributed by atoms with van der Waals surface area (Å²) in [5.41, 5.74) is 1.66. The zero-order valence-corrected chi connectivity index (χ0v) is 16.6. The third kappa shape index (κ3) is 5.44. The summed E-state index contributed by atoms with van der Waals surface area (Å²) < 4.78 is 16.7. The Balaban J connectivity index is 1.66. The number of ether oxygens (including phenoxy) is 3. The third-order valence-electron chi connectivity index (χ3n) is 3.72. The van der Waals surface area contributed by atoms with E-state index in [0.717, 1.165) is 16.3 Å². The smallest absolute Gasteiger partial charge is 0.336 e. The van der Waals surface area contributed by atoms with Gasteiger partial charge in [0, 0.05) is 17.0 Å². The minimum atomic E-state index is -0.489. The van der Waals surface area contributed by atoms with Crippen LogP contribution in [0.3, 0.4) is 0 Å². The maximum Gasteiger partial charge on any atom is 0.336 e. The van der Waals surface area contributed by atoms with Crippen LogP contribution in [-0.2, 0) is 11.4 Å². The van der Waals surface area contributed by atoms with Crippen molar-refractivity contribution in [3.63, 3.8) is 0 Å². The van der Waals surface area contributed by atoms with Crippen LogP contribution in [0.1, 0.15) is 23.2 Å². The monoisotopic (exact) mass is 395 g/mol. The predicted octanol–water partition coefficient (Wildman–Crippen LogP) is 5.05. The van der Waals surface area contributed by atoms with Gasteiger partial charge >= 0.3 is 5.97 Å². The molecule has 0 aliphatic heterocycles. The normalized spacial score (nSPS) is 10.8. The average Bonchev–Trinajstić information content (AvgIpc) is 3.12. The lowest BCUT2D eigenvalue weighted by molar-refractivity contribution is -0.129. The topological polar surface area (TPSA) is 57.7 Å². The van der Waals surface area contributed by atoms with Crippen LogP contribution in [0.2, 0.25) is 0 Å². The summed E-state index contributed by atoms with van der Waals surface area (Å²) in [7, 11) is 0.